The lowest BCUT2D eigenvalue weighted by Gasteiger charge is -2.01. The van der Waals surface area contributed by atoms with Crippen molar-refractivity contribution in [1.29, 1.82) is 0 Å². The first kappa shape index (κ1) is 15.4. The number of amides is 1. The maximum absolute atomic E-state index is 11.9. The van der Waals surface area contributed by atoms with Crippen molar-refractivity contribution >= 4 is 33.3 Å². The van der Waals surface area contributed by atoms with Crippen molar-refractivity contribution < 1.29 is 18.5 Å². The number of nitrogens with one attached hydrogen (secondary N) is 1. The third-order valence-electron chi connectivity index (χ3n) is 3.39. The van der Waals surface area contributed by atoms with Crippen LogP contribution >= 0.6 is 11.3 Å². The van der Waals surface area contributed by atoms with Crippen molar-refractivity contribution in [1.82, 2.24) is 10.1 Å². The van der Waals surface area contributed by atoms with E-state index in [4.69, 9.17) is 13.7 Å². The molecule has 0 bridgehead atoms. The lowest BCUT2D eigenvalue weighted by molar-refractivity contribution is -0.118. The molecule has 8 heteroatoms. The Balaban J connectivity index is 1.41. The SMILES string of the molecule is Cc1cc(OCC(=O)Nc2nc(-c3cc4ccccc4o3)cs2)no1. The number of rotatable bonds is 5. The number of para-hydroxylation sites is 1. The summed E-state index contributed by atoms with van der Waals surface area (Å²) in [6.07, 6.45) is 0. The Morgan fingerprint density at radius 2 is 2.20 bits per heavy atom. The molecule has 0 fully saturated rings. The molecule has 7 nitrogen and oxygen atoms in total. The Labute approximate surface area is 146 Å². The second kappa shape index (κ2) is 6.40. The van der Waals surface area contributed by atoms with Crippen molar-refractivity contribution in [2.45, 2.75) is 6.92 Å². The van der Waals surface area contributed by atoms with Crippen molar-refractivity contribution in [2.24, 2.45) is 0 Å². The molecule has 0 aliphatic rings. The normalized spacial score (nSPS) is 10.9. The average molecular weight is 355 g/mol. The van der Waals surface area contributed by atoms with Gasteiger partial charge in [-0.1, -0.05) is 18.2 Å². The Hall–Kier alpha value is -3.13. The van der Waals surface area contributed by atoms with Crippen molar-refractivity contribution in [2.75, 3.05) is 11.9 Å². The summed E-state index contributed by atoms with van der Waals surface area (Å²) in [5.74, 6) is 1.22. The van der Waals surface area contributed by atoms with Gasteiger partial charge in [-0.25, -0.2) is 4.98 Å². The molecule has 0 saturated carbocycles. The zero-order chi connectivity index (χ0) is 17.2. The fourth-order valence-corrected chi connectivity index (χ4v) is 2.97. The highest BCUT2D eigenvalue weighted by atomic mass is 32.1. The molecule has 0 aliphatic carbocycles. The predicted molar refractivity (Wildman–Crippen MR) is 92.7 cm³/mol. The van der Waals surface area contributed by atoms with Gasteiger partial charge in [-0.2, -0.15) is 0 Å². The van der Waals surface area contributed by atoms with Gasteiger partial charge >= 0.3 is 0 Å². The summed E-state index contributed by atoms with van der Waals surface area (Å²) in [6, 6.07) is 11.3. The third kappa shape index (κ3) is 3.38. The van der Waals surface area contributed by atoms with Gasteiger partial charge in [-0.3, -0.25) is 10.1 Å². The Morgan fingerprint density at radius 1 is 1.32 bits per heavy atom. The van der Waals surface area contributed by atoms with E-state index in [0.717, 1.165) is 11.0 Å². The van der Waals surface area contributed by atoms with Crippen molar-refractivity contribution in [3.8, 4) is 17.3 Å². The average Bonchev–Trinajstić information content (AvgIpc) is 3.31. The molecule has 3 heterocycles. The number of carbonyl (C=O) groups is 1. The van der Waals surface area contributed by atoms with E-state index >= 15 is 0 Å². The number of ether oxygens (including phenoxy) is 1. The van der Waals surface area contributed by atoms with E-state index in [1.54, 1.807) is 13.0 Å². The van der Waals surface area contributed by atoms with Crippen molar-refractivity contribution in [3.05, 3.63) is 47.5 Å². The standard InChI is InChI=1S/C17H13N3O4S/c1-10-6-16(20-24-10)22-8-15(21)19-17-18-12(9-25-17)14-7-11-4-2-3-5-13(11)23-14/h2-7,9H,8H2,1H3,(H,18,19,21). The first-order valence-electron chi connectivity index (χ1n) is 7.48. The molecule has 4 rings (SSSR count). The minimum absolute atomic E-state index is 0.175. The maximum atomic E-state index is 11.9. The van der Waals surface area contributed by atoms with Gasteiger partial charge in [0.1, 0.15) is 17.0 Å². The summed E-state index contributed by atoms with van der Waals surface area (Å²) in [6.45, 7) is 1.57. The molecular formula is C17H13N3O4S. The van der Waals surface area contributed by atoms with Gasteiger partial charge in [0.15, 0.2) is 17.5 Å². The molecule has 4 aromatic rings. The largest absolute Gasteiger partial charge is 0.465 e. The minimum atomic E-state index is -0.328. The molecule has 0 aliphatic heterocycles. The molecule has 0 spiro atoms. The van der Waals surface area contributed by atoms with Crippen LogP contribution in [0.2, 0.25) is 0 Å². The number of hydrogen-bond donors (Lipinski definition) is 1. The quantitative estimate of drug-likeness (QED) is 0.584. The van der Waals surface area contributed by atoms with Crippen LogP contribution in [0.1, 0.15) is 5.76 Å². The van der Waals surface area contributed by atoms with Gasteiger partial charge in [0.05, 0.1) is 0 Å². The van der Waals surface area contributed by atoms with Gasteiger partial charge in [-0.05, 0) is 24.2 Å². The minimum Gasteiger partial charge on any atom is -0.465 e. The number of fused-ring (bicyclic) bond motifs is 1. The summed E-state index contributed by atoms with van der Waals surface area (Å²) in [7, 11) is 0. The topological polar surface area (TPSA) is 90.4 Å². The van der Waals surface area contributed by atoms with Crippen LogP contribution in [0.3, 0.4) is 0 Å². The lowest BCUT2D eigenvalue weighted by Crippen LogP contribution is -2.20. The Morgan fingerprint density at radius 3 is 3.00 bits per heavy atom. The van der Waals surface area contributed by atoms with Crippen LogP contribution in [0.15, 0.2) is 50.7 Å². The highest BCUT2D eigenvalue weighted by Gasteiger charge is 2.12. The zero-order valence-electron chi connectivity index (χ0n) is 13.2. The van der Waals surface area contributed by atoms with E-state index in [1.807, 2.05) is 35.7 Å². The highest BCUT2D eigenvalue weighted by Crippen LogP contribution is 2.30. The van der Waals surface area contributed by atoms with E-state index in [-0.39, 0.29) is 18.4 Å². The molecule has 1 N–H and O–H groups in total. The summed E-state index contributed by atoms with van der Waals surface area (Å²) >= 11 is 1.32. The van der Waals surface area contributed by atoms with E-state index in [1.165, 1.54) is 11.3 Å². The van der Waals surface area contributed by atoms with Crippen LogP contribution in [0.5, 0.6) is 5.88 Å². The predicted octanol–water partition coefficient (Wildman–Crippen LogP) is 3.87. The first-order chi connectivity index (χ1) is 12.2. The monoisotopic (exact) mass is 355 g/mol. The van der Waals surface area contributed by atoms with Gasteiger partial charge in [-0.15, -0.1) is 11.3 Å². The van der Waals surface area contributed by atoms with Crippen LogP contribution in [0.25, 0.3) is 22.4 Å². The number of benzene rings is 1. The molecular weight excluding hydrogens is 342 g/mol. The molecule has 1 aromatic carbocycles. The maximum Gasteiger partial charge on any atom is 0.264 e. The summed E-state index contributed by atoms with van der Waals surface area (Å²) in [5.41, 5.74) is 1.47. The molecule has 0 atom stereocenters. The molecule has 1 amide bonds. The second-order valence-corrected chi connectivity index (χ2v) is 6.16. The molecule has 126 valence electrons. The molecule has 25 heavy (non-hydrogen) atoms. The van der Waals surface area contributed by atoms with E-state index in [9.17, 15) is 4.79 Å². The zero-order valence-corrected chi connectivity index (χ0v) is 14.0. The number of anilines is 1. The number of furan rings is 1. The molecule has 3 aromatic heterocycles. The Bertz CT molecular complexity index is 1000. The van der Waals surface area contributed by atoms with Crippen molar-refractivity contribution in [3.63, 3.8) is 0 Å². The summed E-state index contributed by atoms with van der Waals surface area (Å²) in [5, 5.41) is 9.65. The lowest BCUT2D eigenvalue weighted by atomic mass is 10.2. The summed E-state index contributed by atoms with van der Waals surface area (Å²) < 4.78 is 15.9. The number of thiazole rings is 1. The van der Waals surface area contributed by atoms with E-state index in [0.29, 0.717) is 22.3 Å². The fourth-order valence-electron chi connectivity index (χ4n) is 2.26. The Kier molecular flexibility index (Phi) is 3.95. The first-order valence-corrected chi connectivity index (χ1v) is 8.36. The number of nitrogens with zero attached hydrogens (tertiary/aromatic N) is 2. The van der Waals surface area contributed by atoms with Gasteiger partial charge in [0.2, 0.25) is 0 Å². The van der Waals surface area contributed by atoms with Crippen LogP contribution in [0.4, 0.5) is 5.13 Å². The molecule has 0 saturated heterocycles. The highest BCUT2D eigenvalue weighted by molar-refractivity contribution is 7.14. The number of aryl methyl sites for hydroxylation is 1. The smallest absolute Gasteiger partial charge is 0.264 e. The molecule has 0 unspecified atom stereocenters. The third-order valence-corrected chi connectivity index (χ3v) is 4.14. The van der Waals surface area contributed by atoms with E-state index < -0.39 is 0 Å². The fraction of sp³-hybridized carbons (Fsp3) is 0.118. The summed E-state index contributed by atoms with van der Waals surface area (Å²) in [4.78, 5) is 16.3. The number of aromatic nitrogens is 2. The van der Waals surface area contributed by atoms with Crippen LogP contribution in [-0.4, -0.2) is 22.7 Å². The number of carbonyl (C=O) groups excluding carboxylic acids is 1. The van der Waals surface area contributed by atoms with Crippen LogP contribution in [0, 0.1) is 6.92 Å². The van der Waals surface area contributed by atoms with Gasteiger partial charge in [0, 0.05) is 16.8 Å². The van der Waals surface area contributed by atoms with Crippen LogP contribution in [-0.2, 0) is 4.79 Å². The van der Waals surface area contributed by atoms with Crippen LogP contribution < -0.4 is 10.1 Å². The van der Waals surface area contributed by atoms with E-state index in [2.05, 4.69) is 15.5 Å². The second-order valence-electron chi connectivity index (χ2n) is 5.30. The number of hydrogen-bond acceptors (Lipinski definition) is 7. The van der Waals surface area contributed by atoms with Gasteiger partial charge < -0.3 is 13.7 Å². The molecule has 0 radical (unpaired) electrons. The van der Waals surface area contributed by atoms with Gasteiger partial charge in [0.25, 0.3) is 11.8 Å².